The fourth-order valence-corrected chi connectivity index (χ4v) is 1.93. The number of amides is 1. The van der Waals surface area contributed by atoms with Gasteiger partial charge in [-0.05, 0) is 18.2 Å². The summed E-state index contributed by atoms with van der Waals surface area (Å²) in [5, 5.41) is 7.03. The molecule has 0 aliphatic carbocycles. The van der Waals surface area contributed by atoms with Gasteiger partial charge in [-0.1, -0.05) is 17.7 Å². The largest absolute Gasteiger partial charge is 0.465 e. The third-order valence-corrected chi connectivity index (χ3v) is 2.90. The summed E-state index contributed by atoms with van der Waals surface area (Å²) in [7, 11) is 2.71. The van der Waals surface area contributed by atoms with Gasteiger partial charge in [0, 0.05) is 12.1 Å². The number of nitrogens with zero attached hydrogens (tertiary/aromatic N) is 2. The Morgan fingerprint density at radius 2 is 2.15 bits per heavy atom. The first kappa shape index (κ1) is 14.1. The Labute approximate surface area is 120 Å². The standard InChI is InChI=1S/C13H12ClN3O3/c1-15-12(18)11-10(13(19)20-2)7-16-17(11)9-5-3-4-8(14)6-9/h3-7H,1-2H3,(H,15,18). The second-order valence-corrected chi connectivity index (χ2v) is 4.31. The van der Waals surface area contributed by atoms with Gasteiger partial charge in [0.2, 0.25) is 0 Å². The minimum Gasteiger partial charge on any atom is -0.465 e. The zero-order chi connectivity index (χ0) is 14.7. The molecule has 1 N–H and O–H groups in total. The quantitative estimate of drug-likeness (QED) is 0.874. The molecule has 2 rings (SSSR count). The van der Waals surface area contributed by atoms with E-state index >= 15 is 0 Å². The van der Waals surface area contributed by atoms with Crippen LogP contribution in [0.2, 0.25) is 5.02 Å². The molecule has 2 aromatic rings. The maximum Gasteiger partial charge on any atom is 0.341 e. The molecular formula is C13H12ClN3O3. The van der Waals surface area contributed by atoms with Crippen molar-refractivity contribution in [3.8, 4) is 5.69 Å². The summed E-state index contributed by atoms with van der Waals surface area (Å²) in [6.07, 6.45) is 1.29. The topological polar surface area (TPSA) is 73.2 Å². The van der Waals surface area contributed by atoms with Crippen molar-refractivity contribution in [2.45, 2.75) is 0 Å². The second kappa shape index (κ2) is 5.75. The number of carbonyl (C=O) groups is 2. The molecule has 0 unspecified atom stereocenters. The van der Waals surface area contributed by atoms with E-state index in [2.05, 4.69) is 15.2 Å². The van der Waals surface area contributed by atoms with Crippen LogP contribution in [0.5, 0.6) is 0 Å². The summed E-state index contributed by atoms with van der Waals surface area (Å²) in [6, 6.07) is 6.80. The maximum atomic E-state index is 12.0. The van der Waals surface area contributed by atoms with Gasteiger partial charge in [-0.2, -0.15) is 5.10 Å². The highest BCUT2D eigenvalue weighted by molar-refractivity contribution is 6.30. The fraction of sp³-hybridized carbons (Fsp3) is 0.154. The number of halogens is 1. The van der Waals surface area contributed by atoms with Crippen molar-refractivity contribution in [1.82, 2.24) is 15.1 Å². The number of aromatic nitrogens is 2. The predicted molar refractivity (Wildman–Crippen MR) is 73.3 cm³/mol. The van der Waals surface area contributed by atoms with Gasteiger partial charge in [-0.15, -0.1) is 0 Å². The van der Waals surface area contributed by atoms with Crippen molar-refractivity contribution in [3.63, 3.8) is 0 Å². The van der Waals surface area contributed by atoms with E-state index in [0.717, 1.165) is 0 Å². The number of hydrogen-bond donors (Lipinski definition) is 1. The summed E-state index contributed by atoms with van der Waals surface area (Å²) < 4.78 is 5.99. The van der Waals surface area contributed by atoms with Gasteiger partial charge in [-0.25, -0.2) is 9.48 Å². The average molecular weight is 294 g/mol. The molecule has 20 heavy (non-hydrogen) atoms. The Kier molecular flexibility index (Phi) is 4.05. The Bertz CT molecular complexity index is 667. The monoisotopic (exact) mass is 293 g/mol. The normalized spacial score (nSPS) is 10.2. The van der Waals surface area contributed by atoms with E-state index in [1.165, 1.54) is 25.0 Å². The molecule has 0 spiro atoms. The molecule has 1 aromatic heterocycles. The predicted octanol–water partition coefficient (Wildman–Crippen LogP) is 1.67. The molecule has 1 heterocycles. The summed E-state index contributed by atoms with van der Waals surface area (Å²) in [5.41, 5.74) is 0.764. The van der Waals surface area contributed by atoms with Crippen molar-refractivity contribution >= 4 is 23.5 Å². The maximum absolute atomic E-state index is 12.0. The minimum absolute atomic E-state index is 0.0897. The van der Waals surface area contributed by atoms with Crippen molar-refractivity contribution in [3.05, 3.63) is 46.7 Å². The minimum atomic E-state index is -0.628. The van der Waals surface area contributed by atoms with Crippen LogP contribution in [-0.2, 0) is 4.74 Å². The Morgan fingerprint density at radius 3 is 2.75 bits per heavy atom. The first-order valence-electron chi connectivity index (χ1n) is 5.73. The number of esters is 1. The second-order valence-electron chi connectivity index (χ2n) is 3.87. The van der Waals surface area contributed by atoms with Gasteiger partial charge >= 0.3 is 5.97 Å². The lowest BCUT2D eigenvalue weighted by Gasteiger charge is -2.08. The molecule has 0 bridgehead atoms. The lowest BCUT2D eigenvalue weighted by Crippen LogP contribution is -2.24. The van der Waals surface area contributed by atoms with Crippen LogP contribution < -0.4 is 5.32 Å². The molecule has 0 atom stereocenters. The van der Waals surface area contributed by atoms with E-state index in [4.69, 9.17) is 11.6 Å². The van der Waals surface area contributed by atoms with Crippen molar-refractivity contribution in [2.75, 3.05) is 14.2 Å². The third-order valence-electron chi connectivity index (χ3n) is 2.67. The molecule has 1 amide bonds. The number of hydrogen-bond acceptors (Lipinski definition) is 4. The highest BCUT2D eigenvalue weighted by atomic mass is 35.5. The molecule has 0 saturated carbocycles. The smallest absolute Gasteiger partial charge is 0.341 e. The Hall–Kier alpha value is -2.34. The van der Waals surface area contributed by atoms with Gasteiger partial charge < -0.3 is 10.1 Å². The van der Waals surface area contributed by atoms with Crippen LogP contribution in [0.25, 0.3) is 5.69 Å². The molecule has 0 aliphatic rings. The third kappa shape index (κ3) is 2.50. The highest BCUT2D eigenvalue weighted by Crippen LogP contribution is 2.19. The lowest BCUT2D eigenvalue weighted by atomic mass is 10.2. The van der Waals surface area contributed by atoms with Crippen molar-refractivity contribution < 1.29 is 14.3 Å². The van der Waals surface area contributed by atoms with Crippen LogP contribution >= 0.6 is 11.6 Å². The number of rotatable bonds is 3. The van der Waals surface area contributed by atoms with E-state index in [1.54, 1.807) is 24.3 Å². The molecule has 0 radical (unpaired) electrons. The van der Waals surface area contributed by atoms with Gasteiger partial charge in [0.15, 0.2) is 0 Å². The zero-order valence-corrected chi connectivity index (χ0v) is 11.6. The molecule has 1 aromatic carbocycles. The number of benzene rings is 1. The van der Waals surface area contributed by atoms with Crippen molar-refractivity contribution in [2.24, 2.45) is 0 Å². The summed E-state index contributed by atoms with van der Waals surface area (Å²) in [4.78, 5) is 23.7. The Balaban J connectivity index is 2.62. The van der Waals surface area contributed by atoms with Gasteiger partial charge in [-0.3, -0.25) is 4.79 Å². The first-order valence-corrected chi connectivity index (χ1v) is 6.10. The SMILES string of the molecule is CNC(=O)c1c(C(=O)OC)cnn1-c1cccc(Cl)c1. The lowest BCUT2D eigenvalue weighted by molar-refractivity contribution is 0.0596. The number of nitrogens with one attached hydrogen (secondary N) is 1. The molecule has 0 aliphatic heterocycles. The molecule has 0 fully saturated rings. The molecule has 7 heteroatoms. The Morgan fingerprint density at radius 1 is 1.40 bits per heavy atom. The van der Waals surface area contributed by atoms with Gasteiger partial charge in [0.1, 0.15) is 11.3 Å². The zero-order valence-electron chi connectivity index (χ0n) is 10.9. The van der Waals surface area contributed by atoms with E-state index in [-0.39, 0.29) is 11.3 Å². The number of carbonyl (C=O) groups excluding carboxylic acids is 2. The molecule has 0 saturated heterocycles. The summed E-state index contributed by atoms with van der Waals surface area (Å²) >= 11 is 5.92. The molecule has 104 valence electrons. The number of ether oxygens (including phenoxy) is 1. The number of methoxy groups -OCH3 is 1. The summed E-state index contributed by atoms with van der Waals surface area (Å²) in [5.74, 6) is -1.07. The van der Waals surface area contributed by atoms with Crippen LogP contribution in [0.3, 0.4) is 0 Å². The first-order chi connectivity index (χ1) is 9.58. The molecule has 6 nitrogen and oxygen atoms in total. The van der Waals surface area contributed by atoms with Crippen LogP contribution in [-0.4, -0.2) is 35.8 Å². The van der Waals surface area contributed by atoms with Crippen LogP contribution in [0, 0.1) is 0 Å². The average Bonchev–Trinajstić information content (AvgIpc) is 2.90. The van der Waals surface area contributed by atoms with E-state index in [1.807, 2.05) is 0 Å². The fourth-order valence-electron chi connectivity index (χ4n) is 1.75. The molecular weight excluding hydrogens is 282 g/mol. The van der Waals surface area contributed by atoms with Crippen LogP contribution in [0.4, 0.5) is 0 Å². The van der Waals surface area contributed by atoms with Crippen LogP contribution in [0.15, 0.2) is 30.5 Å². The summed E-state index contributed by atoms with van der Waals surface area (Å²) in [6.45, 7) is 0. The van der Waals surface area contributed by atoms with Crippen molar-refractivity contribution in [1.29, 1.82) is 0 Å². The highest BCUT2D eigenvalue weighted by Gasteiger charge is 2.24. The van der Waals surface area contributed by atoms with E-state index < -0.39 is 11.9 Å². The van der Waals surface area contributed by atoms with Gasteiger partial charge in [0.25, 0.3) is 5.91 Å². The van der Waals surface area contributed by atoms with E-state index in [0.29, 0.717) is 10.7 Å². The van der Waals surface area contributed by atoms with Crippen LogP contribution in [0.1, 0.15) is 20.8 Å². The van der Waals surface area contributed by atoms with E-state index in [9.17, 15) is 9.59 Å². The van der Waals surface area contributed by atoms with Gasteiger partial charge in [0.05, 0.1) is 19.0 Å².